The van der Waals surface area contributed by atoms with Gasteiger partial charge in [0.05, 0.1) is 6.61 Å². The van der Waals surface area contributed by atoms with Crippen LogP contribution in [0.2, 0.25) is 0 Å². The van der Waals surface area contributed by atoms with Crippen molar-refractivity contribution in [3.8, 4) is 5.75 Å². The zero-order valence-electron chi connectivity index (χ0n) is 8.69. The minimum absolute atomic E-state index is 0.144. The first kappa shape index (κ1) is 11.4. The van der Waals surface area contributed by atoms with Crippen LogP contribution in [0.3, 0.4) is 0 Å². The average Bonchev–Trinajstić information content (AvgIpc) is 2.25. The number of phenolic OH excluding ortho intramolecular Hbond substituents is 1. The van der Waals surface area contributed by atoms with Gasteiger partial charge in [-0.1, -0.05) is 6.92 Å². The standard InChI is InChI=1S/C11H15NO3/c1-2-7-15-11(14)8-12-9-3-5-10(13)6-4-9/h3-6,12-13H,2,7-8H2,1H3. The fourth-order valence-electron chi connectivity index (χ4n) is 1.02. The summed E-state index contributed by atoms with van der Waals surface area (Å²) in [6.07, 6.45) is 0.824. The van der Waals surface area contributed by atoms with Crippen LogP contribution < -0.4 is 5.32 Å². The maximum atomic E-state index is 11.1. The lowest BCUT2D eigenvalue weighted by Crippen LogP contribution is -2.17. The quantitative estimate of drug-likeness (QED) is 0.573. The van der Waals surface area contributed by atoms with Crippen molar-refractivity contribution in [2.24, 2.45) is 0 Å². The Hall–Kier alpha value is -1.71. The average molecular weight is 209 g/mol. The number of benzene rings is 1. The van der Waals surface area contributed by atoms with E-state index in [1.807, 2.05) is 6.92 Å². The van der Waals surface area contributed by atoms with Gasteiger partial charge in [-0.3, -0.25) is 4.79 Å². The molecule has 0 bridgehead atoms. The number of phenols is 1. The maximum absolute atomic E-state index is 11.1. The third kappa shape index (κ3) is 4.35. The first-order chi connectivity index (χ1) is 7.22. The van der Waals surface area contributed by atoms with Gasteiger partial charge in [-0.25, -0.2) is 0 Å². The highest BCUT2D eigenvalue weighted by atomic mass is 16.5. The van der Waals surface area contributed by atoms with Crippen LogP contribution in [-0.4, -0.2) is 24.2 Å². The number of anilines is 1. The van der Waals surface area contributed by atoms with E-state index in [4.69, 9.17) is 9.84 Å². The van der Waals surface area contributed by atoms with Gasteiger partial charge in [0.1, 0.15) is 12.3 Å². The summed E-state index contributed by atoms with van der Waals surface area (Å²) in [5.41, 5.74) is 0.779. The molecule has 1 aromatic rings. The van der Waals surface area contributed by atoms with E-state index >= 15 is 0 Å². The predicted molar refractivity (Wildman–Crippen MR) is 57.8 cm³/mol. The van der Waals surface area contributed by atoms with Crippen LogP contribution in [-0.2, 0) is 9.53 Å². The van der Waals surface area contributed by atoms with Crippen LogP contribution in [0.15, 0.2) is 24.3 Å². The Balaban J connectivity index is 2.30. The van der Waals surface area contributed by atoms with Crippen molar-refractivity contribution in [3.05, 3.63) is 24.3 Å². The minimum Gasteiger partial charge on any atom is -0.508 e. The van der Waals surface area contributed by atoms with Crippen LogP contribution in [0.4, 0.5) is 5.69 Å². The topological polar surface area (TPSA) is 58.6 Å². The van der Waals surface area contributed by atoms with E-state index in [9.17, 15) is 4.79 Å². The summed E-state index contributed by atoms with van der Waals surface area (Å²) in [5, 5.41) is 11.9. The second-order valence-electron chi connectivity index (χ2n) is 3.12. The zero-order chi connectivity index (χ0) is 11.1. The van der Waals surface area contributed by atoms with Gasteiger partial charge >= 0.3 is 5.97 Å². The molecule has 0 saturated heterocycles. The fourth-order valence-corrected chi connectivity index (χ4v) is 1.02. The van der Waals surface area contributed by atoms with Gasteiger partial charge in [-0.2, -0.15) is 0 Å². The molecule has 2 N–H and O–H groups in total. The molecule has 82 valence electrons. The number of esters is 1. The van der Waals surface area contributed by atoms with Gasteiger partial charge < -0.3 is 15.2 Å². The number of rotatable bonds is 5. The van der Waals surface area contributed by atoms with E-state index in [-0.39, 0.29) is 18.3 Å². The van der Waals surface area contributed by atoms with Gasteiger partial charge in [0.15, 0.2) is 0 Å². The number of carbonyl (C=O) groups excluding carboxylic acids is 1. The van der Waals surface area contributed by atoms with Crippen molar-refractivity contribution in [1.82, 2.24) is 0 Å². The molecule has 0 aromatic heterocycles. The summed E-state index contributed by atoms with van der Waals surface area (Å²) in [7, 11) is 0. The van der Waals surface area contributed by atoms with E-state index in [2.05, 4.69) is 5.32 Å². The third-order valence-electron chi connectivity index (χ3n) is 1.77. The molecule has 0 radical (unpaired) electrons. The molecular weight excluding hydrogens is 194 g/mol. The highest BCUT2D eigenvalue weighted by molar-refractivity contribution is 5.74. The van der Waals surface area contributed by atoms with E-state index in [1.54, 1.807) is 24.3 Å². The Kier molecular flexibility index (Phi) is 4.47. The lowest BCUT2D eigenvalue weighted by atomic mass is 10.3. The molecule has 0 amide bonds. The summed E-state index contributed by atoms with van der Waals surface area (Å²) in [6, 6.07) is 6.50. The lowest BCUT2D eigenvalue weighted by molar-refractivity contribution is -0.141. The highest BCUT2D eigenvalue weighted by Gasteiger charge is 2.01. The molecule has 1 rings (SSSR count). The first-order valence-corrected chi connectivity index (χ1v) is 4.91. The Labute approximate surface area is 88.9 Å². The van der Waals surface area contributed by atoms with Crippen LogP contribution in [0.5, 0.6) is 5.75 Å². The molecule has 15 heavy (non-hydrogen) atoms. The summed E-state index contributed by atoms with van der Waals surface area (Å²) in [5.74, 6) is -0.0703. The van der Waals surface area contributed by atoms with E-state index < -0.39 is 0 Å². The highest BCUT2D eigenvalue weighted by Crippen LogP contribution is 2.13. The van der Waals surface area contributed by atoms with Crippen molar-refractivity contribution in [3.63, 3.8) is 0 Å². The Morgan fingerprint density at radius 3 is 2.67 bits per heavy atom. The van der Waals surface area contributed by atoms with E-state index in [0.717, 1.165) is 12.1 Å². The van der Waals surface area contributed by atoms with Crippen molar-refractivity contribution in [1.29, 1.82) is 0 Å². The molecule has 0 aliphatic carbocycles. The fraction of sp³-hybridized carbons (Fsp3) is 0.364. The minimum atomic E-state index is -0.273. The maximum Gasteiger partial charge on any atom is 0.325 e. The van der Waals surface area contributed by atoms with Crippen LogP contribution >= 0.6 is 0 Å². The van der Waals surface area contributed by atoms with Gasteiger partial charge in [-0.05, 0) is 30.7 Å². The monoisotopic (exact) mass is 209 g/mol. The van der Waals surface area contributed by atoms with Gasteiger partial charge in [0.25, 0.3) is 0 Å². The number of nitrogens with one attached hydrogen (secondary N) is 1. The number of hydrogen-bond acceptors (Lipinski definition) is 4. The summed E-state index contributed by atoms with van der Waals surface area (Å²) in [4.78, 5) is 11.1. The molecule has 4 heteroatoms. The van der Waals surface area contributed by atoms with E-state index in [1.165, 1.54) is 0 Å². The predicted octanol–water partition coefficient (Wildman–Crippen LogP) is 1.76. The SMILES string of the molecule is CCCOC(=O)CNc1ccc(O)cc1. The van der Waals surface area contributed by atoms with Crippen LogP contribution in [0.25, 0.3) is 0 Å². The summed E-state index contributed by atoms with van der Waals surface area (Å²) >= 11 is 0. The number of hydrogen-bond donors (Lipinski definition) is 2. The first-order valence-electron chi connectivity index (χ1n) is 4.91. The van der Waals surface area contributed by atoms with Gasteiger partial charge in [0.2, 0.25) is 0 Å². The second-order valence-corrected chi connectivity index (χ2v) is 3.12. The smallest absolute Gasteiger partial charge is 0.325 e. The molecular formula is C11H15NO3. The molecule has 1 aromatic carbocycles. The zero-order valence-corrected chi connectivity index (χ0v) is 8.69. The molecule has 0 fully saturated rings. The molecule has 4 nitrogen and oxygen atoms in total. The molecule has 0 unspecified atom stereocenters. The van der Waals surface area contributed by atoms with Crippen molar-refractivity contribution >= 4 is 11.7 Å². The molecule has 0 aliphatic heterocycles. The summed E-state index contributed by atoms with van der Waals surface area (Å²) in [6.45, 7) is 2.54. The Morgan fingerprint density at radius 1 is 1.40 bits per heavy atom. The molecule has 0 saturated carbocycles. The largest absolute Gasteiger partial charge is 0.508 e. The van der Waals surface area contributed by atoms with Gasteiger partial charge in [-0.15, -0.1) is 0 Å². The summed E-state index contributed by atoms with van der Waals surface area (Å²) < 4.78 is 4.89. The molecule has 0 spiro atoms. The van der Waals surface area contributed by atoms with Crippen molar-refractivity contribution in [2.75, 3.05) is 18.5 Å². The van der Waals surface area contributed by atoms with Crippen molar-refractivity contribution < 1.29 is 14.6 Å². The molecule has 0 atom stereocenters. The Morgan fingerprint density at radius 2 is 2.07 bits per heavy atom. The number of aromatic hydroxyl groups is 1. The lowest BCUT2D eigenvalue weighted by Gasteiger charge is -2.06. The second kappa shape index (κ2) is 5.90. The molecule has 0 heterocycles. The normalized spacial score (nSPS) is 9.67. The van der Waals surface area contributed by atoms with Crippen LogP contribution in [0.1, 0.15) is 13.3 Å². The Bertz CT molecular complexity index is 308. The van der Waals surface area contributed by atoms with Crippen molar-refractivity contribution in [2.45, 2.75) is 13.3 Å². The molecule has 0 aliphatic rings. The van der Waals surface area contributed by atoms with Gasteiger partial charge in [0, 0.05) is 5.69 Å². The van der Waals surface area contributed by atoms with E-state index in [0.29, 0.717) is 6.61 Å². The van der Waals surface area contributed by atoms with Crippen LogP contribution in [0, 0.1) is 0 Å². The third-order valence-corrected chi connectivity index (χ3v) is 1.77. The number of carbonyl (C=O) groups is 1. The number of ether oxygens (including phenoxy) is 1.